The van der Waals surface area contributed by atoms with Gasteiger partial charge in [-0.2, -0.15) is 0 Å². The summed E-state index contributed by atoms with van der Waals surface area (Å²) in [7, 11) is 0. The molecule has 0 spiro atoms. The number of amidine groups is 1. The minimum absolute atomic E-state index is 0.119. The molecule has 6 nitrogen and oxygen atoms in total. The number of rotatable bonds is 4. The Morgan fingerprint density at radius 2 is 2.00 bits per heavy atom. The highest BCUT2D eigenvalue weighted by Crippen LogP contribution is 2.33. The summed E-state index contributed by atoms with van der Waals surface area (Å²) in [6, 6.07) is 11.9. The van der Waals surface area contributed by atoms with Gasteiger partial charge in [-0.1, -0.05) is 18.2 Å². The number of carbonyl (C=O) groups excluding carboxylic acids is 1. The molecule has 0 atom stereocenters. The van der Waals surface area contributed by atoms with E-state index in [-0.39, 0.29) is 11.5 Å². The van der Waals surface area contributed by atoms with Gasteiger partial charge in [0.05, 0.1) is 10.5 Å². The number of aliphatic imine (C=N–C) groups is 1. The van der Waals surface area contributed by atoms with E-state index in [2.05, 4.69) is 9.98 Å². The Morgan fingerprint density at radius 1 is 1.27 bits per heavy atom. The normalized spacial score (nSPS) is 17.3. The van der Waals surface area contributed by atoms with Gasteiger partial charge in [-0.05, 0) is 61.5 Å². The van der Waals surface area contributed by atoms with Crippen LogP contribution in [0.5, 0.6) is 0 Å². The molecule has 1 saturated heterocycles. The molecule has 2 heterocycles. The molecule has 2 aromatic rings. The third kappa shape index (κ3) is 3.83. The van der Waals surface area contributed by atoms with Crippen LogP contribution >= 0.6 is 11.8 Å². The third-order valence-electron chi connectivity index (χ3n) is 3.74. The maximum atomic E-state index is 12.6. The van der Waals surface area contributed by atoms with Crippen LogP contribution in [0.1, 0.15) is 28.5 Å². The van der Waals surface area contributed by atoms with Crippen molar-refractivity contribution >= 4 is 40.7 Å². The summed E-state index contributed by atoms with van der Waals surface area (Å²) in [5.41, 5.74) is 1.83. The average molecular weight is 367 g/mol. The first-order valence-corrected chi connectivity index (χ1v) is 8.86. The summed E-state index contributed by atoms with van der Waals surface area (Å²) in [5, 5.41) is 9.55. The fourth-order valence-electron chi connectivity index (χ4n) is 2.43. The lowest BCUT2D eigenvalue weighted by molar-refractivity contribution is -0.122. The lowest BCUT2D eigenvalue weighted by Gasteiger charge is -2.11. The number of thioether (sulfide) groups is 1. The standard InChI is InChI=1S/C19H17N3O3S/c1-3-22-17(23)15(11-13-7-9-14(10-8-13)18(24)25)26-19(22)21-16-6-4-5-12(2)20-16/h4-11H,3H2,1-2H3,(H,24,25). The van der Waals surface area contributed by atoms with Gasteiger partial charge in [0.15, 0.2) is 11.0 Å². The zero-order valence-electron chi connectivity index (χ0n) is 14.3. The minimum atomic E-state index is -0.979. The van der Waals surface area contributed by atoms with Crippen LogP contribution in [0.3, 0.4) is 0 Å². The fraction of sp³-hybridized carbons (Fsp3) is 0.158. The van der Waals surface area contributed by atoms with E-state index in [1.807, 2.05) is 26.0 Å². The quantitative estimate of drug-likeness (QED) is 0.833. The van der Waals surface area contributed by atoms with Gasteiger partial charge in [-0.25, -0.2) is 14.8 Å². The molecule has 1 N–H and O–H groups in total. The summed E-state index contributed by atoms with van der Waals surface area (Å²) >= 11 is 1.29. The number of carboxylic acids is 1. The highest BCUT2D eigenvalue weighted by Gasteiger charge is 2.32. The largest absolute Gasteiger partial charge is 0.478 e. The van der Waals surface area contributed by atoms with E-state index in [9.17, 15) is 9.59 Å². The Kier molecular flexibility index (Phi) is 5.18. The summed E-state index contributed by atoms with van der Waals surface area (Å²) in [6.07, 6.45) is 1.74. The van der Waals surface area contributed by atoms with Crippen molar-refractivity contribution in [1.82, 2.24) is 9.88 Å². The number of hydrogen-bond acceptors (Lipinski definition) is 5. The van der Waals surface area contributed by atoms with Gasteiger partial charge in [-0.15, -0.1) is 0 Å². The van der Waals surface area contributed by atoms with Gasteiger partial charge in [0.2, 0.25) is 0 Å². The highest BCUT2D eigenvalue weighted by atomic mass is 32.2. The molecule has 0 saturated carbocycles. The fourth-order valence-corrected chi connectivity index (χ4v) is 3.48. The van der Waals surface area contributed by atoms with Crippen molar-refractivity contribution in [3.05, 3.63) is 64.2 Å². The van der Waals surface area contributed by atoms with E-state index in [0.29, 0.717) is 22.4 Å². The second kappa shape index (κ2) is 7.53. The van der Waals surface area contributed by atoms with E-state index in [0.717, 1.165) is 11.3 Å². The van der Waals surface area contributed by atoms with Gasteiger partial charge in [0, 0.05) is 12.2 Å². The van der Waals surface area contributed by atoms with E-state index >= 15 is 0 Å². The zero-order valence-corrected chi connectivity index (χ0v) is 15.2. The molecule has 0 unspecified atom stereocenters. The van der Waals surface area contributed by atoms with Crippen molar-refractivity contribution in [3.63, 3.8) is 0 Å². The third-order valence-corrected chi connectivity index (χ3v) is 4.75. The molecule has 0 radical (unpaired) electrons. The number of amides is 1. The van der Waals surface area contributed by atoms with Gasteiger partial charge in [-0.3, -0.25) is 9.69 Å². The number of aromatic nitrogens is 1. The molecule has 0 bridgehead atoms. The van der Waals surface area contributed by atoms with Gasteiger partial charge in [0.25, 0.3) is 5.91 Å². The van der Waals surface area contributed by atoms with E-state index < -0.39 is 5.97 Å². The first-order valence-electron chi connectivity index (χ1n) is 8.05. The van der Waals surface area contributed by atoms with E-state index in [1.165, 1.54) is 23.9 Å². The molecule has 7 heteroatoms. The molecule has 0 aliphatic carbocycles. The molecule has 26 heavy (non-hydrogen) atoms. The van der Waals surface area contributed by atoms with Crippen molar-refractivity contribution in [1.29, 1.82) is 0 Å². The number of benzene rings is 1. The summed E-state index contributed by atoms with van der Waals surface area (Å²) in [4.78, 5) is 34.6. The van der Waals surface area contributed by atoms with Crippen LogP contribution in [0.2, 0.25) is 0 Å². The molecule has 3 rings (SSSR count). The number of carbonyl (C=O) groups is 2. The first-order chi connectivity index (χ1) is 12.5. The highest BCUT2D eigenvalue weighted by molar-refractivity contribution is 8.18. The summed E-state index contributed by atoms with van der Waals surface area (Å²) in [6.45, 7) is 4.29. The number of likely N-dealkylation sites (N-methyl/N-ethyl adjacent to an activating group) is 1. The zero-order chi connectivity index (χ0) is 18.7. The van der Waals surface area contributed by atoms with Gasteiger partial charge >= 0.3 is 5.97 Å². The number of aromatic carboxylic acids is 1. The van der Waals surface area contributed by atoms with Crippen LogP contribution in [0.25, 0.3) is 6.08 Å². The Hall–Kier alpha value is -2.93. The monoisotopic (exact) mass is 367 g/mol. The Bertz CT molecular complexity index is 920. The minimum Gasteiger partial charge on any atom is -0.478 e. The van der Waals surface area contributed by atoms with Crippen LogP contribution in [-0.4, -0.2) is 38.6 Å². The molecule has 1 aliphatic rings. The maximum absolute atomic E-state index is 12.6. The van der Waals surface area contributed by atoms with Crippen LogP contribution in [0.4, 0.5) is 5.82 Å². The van der Waals surface area contributed by atoms with Gasteiger partial charge in [0.1, 0.15) is 0 Å². The lowest BCUT2D eigenvalue weighted by atomic mass is 10.1. The van der Waals surface area contributed by atoms with Crippen molar-refractivity contribution in [3.8, 4) is 0 Å². The maximum Gasteiger partial charge on any atom is 0.335 e. The van der Waals surface area contributed by atoms with Crippen molar-refractivity contribution in [2.75, 3.05) is 6.54 Å². The number of carboxylic acid groups (broad SMARTS) is 1. The van der Waals surface area contributed by atoms with E-state index in [1.54, 1.807) is 29.2 Å². The number of nitrogens with zero attached hydrogens (tertiary/aromatic N) is 3. The lowest BCUT2D eigenvalue weighted by Crippen LogP contribution is -2.28. The van der Waals surface area contributed by atoms with Crippen molar-refractivity contribution < 1.29 is 14.7 Å². The predicted molar refractivity (Wildman–Crippen MR) is 102 cm³/mol. The second-order valence-electron chi connectivity index (χ2n) is 5.62. The molecule has 132 valence electrons. The van der Waals surface area contributed by atoms with E-state index in [4.69, 9.17) is 5.11 Å². The summed E-state index contributed by atoms with van der Waals surface area (Å²) < 4.78 is 0. The Morgan fingerprint density at radius 3 is 2.62 bits per heavy atom. The van der Waals surface area contributed by atoms with Crippen LogP contribution in [0, 0.1) is 6.92 Å². The predicted octanol–water partition coefficient (Wildman–Crippen LogP) is 3.71. The molecule has 1 amide bonds. The summed E-state index contributed by atoms with van der Waals surface area (Å²) in [5.74, 6) is -0.537. The first kappa shape index (κ1) is 17.9. The average Bonchev–Trinajstić information content (AvgIpc) is 2.90. The molecule has 1 fully saturated rings. The van der Waals surface area contributed by atoms with Gasteiger partial charge < -0.3 is 5.11 Å². The molecule has 1 aliphatic heterocycles. The smallest absolute Gasteiger partial charge is 0.335 e. The van der Waals surface area contributed by atoms with Crippen molar-refractivity contribution in [2.24, 2.45) is 4.99 Å². The van der Waals surface area contributed by atoms with Crippen LogP contribution in [0.15, 0.2) is 52.4 Å². The molecule has 1 aromatic heterocycles. The topological polar surface area (TPSA) is 82.9 Å². The van der Waals surface area contributed by atoms with Crippen molar-refractivity contribution in [2.45, 2.75) is 13.8 Å². The Balaban J connectivity index is 1.90. The SMILES string of the molecule is CCN1C(=O)C(=Cc2ccc(C(=O)O)cc2)SC1=Nc1cccc(C)n1. The Labute approximate surface area is 155 Å². The number of aryl methyl sites for hydroxylation is 1. The second-order valence-corrected chi connectivity index (χ2v) is 6.63. The number of hydrogen-bond donors (Lipinski definition) is 1. The molecular formula is C19H17N3O3S. The molecule has 1 aromatic carbocycles. The molecular weight excluding hydrogens is 350 g/mol. The number of pyridine rings is 1. The van der Waals surface area contributed by atoms with Crippen LogP contribution < -0.4 is 0 Å². The van der Waals surface area contributed by atoms with Crippen LogP contribution in [-0.2, 0) is 4.79 Å².